The van der Waals surface area contributed by atoms with Gasteiger partial charge in [-0.1, -0.05) is 54.5 Å². The molecule has 0 aliphatic heterocycles. The van der Waals surface area contributed by atoms with Crippen LogP contribution in [0.1, 0.15) is 60.7 Å². The van der Waals surface area contributed by atoms with Crippen molar-refractivity contribution in [2.75, 3.05) is 14.2 Å². The number of carbonyl (C=O) groups excluding carboxylic acids is 2. The molecule has 0 bridgehead atoms. The highest BCUT2D eigenvalue weighted by Crippen LogP contribution is 2.33. The summed E-state index contributed by atoms with van der Waals surface area (Å²) in [6.45, 7) is 5.89. The van der Waals surface area contributed by atoms with Gasteiger partial charge >= 0.3 is 5.97 Å². The molecule has 6 nitrogen and oxygen atoms in total. The molecule has 1 saturated carbocycles. The molecule has 36 heavy (non-hydrogen) atoms. The van der Waals surface area contributed by atoms with Gasteiger partial charge in [0, 0.05) is 29.8 Å². The van der Waals surface area contributed by atoms with E-state index in [0.29, 0.717) is 16.7 Å². The van der Waals surface area contributed by atoms with E-state index in [2.05, 4.69) is 16.2 Å². The average molecular weight is 487 g/mol. The fourth-order valence-corrected chi connectivity index (χ4v) is 3.32. The van der Waals surface area contributed by atoms with Gasteiger partial charge < -0.3 is 19.8 Å². The smallest absolute Gasteiger partial charge is 0.350 e. The lowest BCUT2D eigenvalue weighted by Crippen LogP contribution is -2.26. The van der Waals surface area contributed by atoms with E-state index < -0.39 is 5.97 Å². The summed E-state index contributed by atoms with van der Waals surface area (Å²) in [6.07, 6.45) is 11.3. The first-order valence-electron chi connectivity index (χ1n) is 11.8. The molecular weight excluding hydrogens is 452 g/mol. The van der Waals surface area contributed by atoms with Crippen LogP contribution in [0.5, 0.6) is 0 Å². The van der Waals surface area contributed by atoms with Crippen LogP contribution in [0.15, 0.2) is 65.2 Å². The minimum absolute atomic E-state index is 0.0339. The van der Waals surface area contributed by atoms with Crippen molar-refractivity contribution in [3.05, 3.63) is 82.4 Å². The molecule has 3 rings (SSSR count). The summed E-state index contributed by atoms with van der Waals surface area (Å²) in [7, 11) is 3.02. The zero-order valence-corrected chi connectivity index (χ0v) is 21.6. The number of benzene rings is 2. The molecule has 0 radical (unpaired) electrons. The van der Waals surface area contributed by atoms with Crippen molar-refractivity contribution in [3.8, 4) is 12.3 Å². The Morgan fingerprint density at radius 1 is 1.11 bits per heavy atom. The maximum Gasteiger partial charge on any atom is 0.350 e. The summed E-state index contributed by atoms with van der Waals surface area (Å²) >= 11 is 0. The molecule has 6 heteroatoms. The lowest BCUT2D eigenvalue weighted by atomic mass is 9.91. The Kier molecular flexibility index (Phi) is 11.2. The highest BCUT2D eigenvalue weighted by atomic mass is 16.5. The molecule has 2 aromatic carbocycles. The second kappa shape index (κ2) is 14.3. The molecule has 1 N–H and O–H groups in total. The molecule has 1 amide bonds. The van der Waals surface area contributed by atoms with E-state index in [1.54, 1.807) is 31.5 Å². The van der Waals surface area contributed by atoms with Crippen molar-refractivity contribution in [1.82, 2.24) is 5.32 Å². The first-order valence-corrected chi connectivity index (χ1v) is 11.8. The number of hydrogen-bond acceptors (Lipinski definition) is 5. The maximum absolute atomic E-state index is 13.0. The number of ether oxygens (including phenoxy) is 2. The molecule has 0 heterocycles. The summed E-state index contributed by atoms with van der Waals surface area (Å²) < 4.78 is 11.0. The van der Waals surface area contributed by atoms with Gasteiger partial charge in [-0.05, 0) is 57.0 Å². The van der Waals surface area contributed by atoms with Crippen LogP contribution in [0, 0.1) is 12.3 Å². The van der Waals surface area contributed by atoms with Crippen LogP contribution >= 0.6 is 0 Å². The van der Waals surface area contributed by atoms with Crippen LogP contribution in [0.25, 0.3) is 11.3 Å². The molecule has 0 saturated heterocycles. The predicted molar refractivity (Wildman–Crippen MR) is 145 cm³/mol. The number of carbonyl (C=O) groups is 2. The molecule has 1 aliphatic carbocycles. The minimum atomic E-state index is -0.674. The van der Waals surface area contributed by atoms with Crippen molar-refractivity contribution >= 4 is 29.4 Å². The number of rotatable bonds is 8. The first kappa shape index (κ1) is 28.1. The van der Waals surface area contributed by atoms with Crippen LogP contribution < -0.4 is 5.32 Å². The van der Waals surface area contributed by atoms with E-state index in [0.717, 1.165) is 24.0 Å². The van der Waals surface area contributed by atoms with Gasteiger partial charge in [-0.25, -0.2) is 4.79 Å². The lowest BCUT2D eigenvalue weighted by molar-refractivity contribution is -0.135. The van der Waals surface area contributed by atoms with E-state index >= 15 is 0 Å². The van der Waals surface area contributed by atoms with Crippen LogP contribution in [0.2, 0.25) is 0 Å². The molecule has 188 valence electrons. The second-order valence-corrected chi connectivity index (χ2v) is 8.08. The molecular formula is C30H34N2O4. The fourth-order valence-electron chi connectivity index (χ4n) is 3.32. The Morgan fingerprint density at radius 2 is 1.75 bits per heavy atom. The molecule has 2 aromatic rings. The van der Waals surface area contributed by atoms with Gasteiger partial charge in [-0.15, -0.1) is 6.42 Å². The second-order valence-electron chi connectivity index (χ2n) is 8.08. The third-order valence-electron chi connectivity index (χ3n) is 5.54. The number of allylic oxidation sites excluding steroid dienone is 2. The van der Waals surface area contributed by atoms with E-state index in [-0.39, 0.29) is 29.9 Å². The van der Waals surface area contributed by atoms with Gasteiger partial charge in [0.15, 0.2) is 11.3 Å². The number of aliphatic imine (C=N–C) groups is 1. The number of esters is 1. The first-order chi connectivity index (χ1) is 17.4. The quantitative estimate of drug-likeness (QED) is 0.177. The third-order valence-corrected chi connectivity index (χ3v) is 5.54. The largest absolute Gasteiger partial charge is 0.487 e. The van der Waals surface area contributed by atoms with Gasteiger partial charge in [0.2, 0.25) is 0 Å². The van der Waals surface area contributed by atoms with Crippen molar-refractivity contribution < 1.29 is 19.1 Å². The molecule has 0 spiro atoms. The Morgan fingerprint density at radius 3 is 2.28 bits per heavy atom. The van der Waals surface area contributed by atoms with Gasteiger partial charge in [0.1, 0.15) is 6.61 Å². The van der Waals surface area contributed by atoms with Crippen LogP contribution in [0.3, 0.4) is 0 Å². The molecule has 1 fully saturated rings. The number of amides is 1. The molecule has 1 aliphatic rings. The SMILES string of the molecule is C#C/C(C(=O)OC)=C(/OCc1ccccc1)c1cccc(C(=O)NC2CC2)c1/C(C)=C\C.CC=NC. The van der Waals surface area contributed by atoms with Crippen LogP contribution in [-0.4, -0.2) is 38.3 Å². The summed E-state index contributed by atoms with van der Waals surface area (Å²) in [4.78, 5) is 29.1. The summed E-state index contributed by atoms with van der Waals surface area (Å²) in [5.41, 5.74) is 3.49. The zero-order valence-electron chi connectivity index (χ0n) is 21.6. The van der Waals surface area contributed by atoms with Crippen molar-refractivity contribution in [2.45, 2.75) is 46.3 Å². The highest BCUT2D eigenvalue weighted by molar-refractivity contribution is 6.05. The Hall–Kier alpha value is -4.11. The van der Waals surface area contributed by atoms with Crippen molar-refractivity contribution in [2.24, 2.45) is 4.99 Å². The number of terminal acetylenes is 1. The summed E-state index contributed by atoms with van der Waals surface area (Å²) in [5, 5.41) is 3.04. The van der Waals surface area contributed by atoms with E-state index in [4.69, 9.17) is 15.9 Å². The van der Waals surface area contributed by atoms with E-state index in [1.165, 1.54) is 7.11 Å². The third kappa shape index (κ3) is 7.71. The molecule has 0 unspecified atom stereocenters. The number of methoxy groups -OCH3 is 1. The standard InChI is InChI=1S/C27H27NO4.C3H7N/c1-5-18(3)24-22(13-10-14-23(24)26(29)28-20-15-16-20)25(21(6-2)27(30)31-4)32-17-19-11-8-7-9-12-19;1-3-4-2/h2,5,7-14,20H,15-17H2,1,3-4H3,(H,28,29);3H,1-2H3/b18-5-,25-21-;. The van der Waals surface area contributed by atoms with Crippen LogP contribution in [0.4, 0.5) is 0 Å². The zero-order chi connectivity index (χ0) is 26.5. The number of nitrogens with zero attached hydrogens (tertiary/aromatic N) is 1. The summed E-state index contributed by atoms with van der Waals surface area (Å²) in [6, 6.07) is 15.1. The Balaban J connectivity index is 0.00000106. The monoisotopic (exact) mass is 486 g/mol. The number of hydrogen-bond donors (Lipinski definition) is 1. The lowest BCUT2D eigenvalue weighted by Gasteiger charge is -2.19. The van der Waals surface area contributed by atoms with E-state index in [1.807, 2.05) is 57.2 Å². The molecule has 0 atom stereocenters. The van der Waals surface area contributed by atoms with Gasteiger partial charge in [-0.3, -0.25) is 4.79 Å². The van der Waals surface area contributed by atoms with Gasteiger partial charge in [-0.2, -0.15) is 0 Å². The topological polar surface area (TPSA) is 77.0 Å². The van der Waals surface area contributed by atoms with Crippen molar-refractivity contribution in [1.29, 1.82) is 0 Å². The minimum Gasteiger partial charge on any atom is -0.487 e. The number of nitrogens with one attached hydrogen (secondary N) is 1. The molecule has 0 aromatic heterocycles. The Bertz CT molecular complexity index is 1180. The van der Waals surface area contributed by atoms with Crippen molar-refractivity contribution in [3.63, 3.8) is 0 Å². The fraction of sp³-hybridized carbons (Fsp3) is 0.300. The summed E-state index contributed by atoms with van der Waals surface area (Å²) in [5.74, 6) is 1.80. The highest BCUT2D eigenvalue weighted by Gasteiger charge is 2.28. The van der Waals surface area contributed by atoms with Gasteiger partial charge in [0.05, 0.1) is 7.11 Å². The average Bonchev–Trinajstić information content (AvgIpc) is 3.74. The van der Waals surface area contributed by atoms with Gasteiger partial charge in [0.25, 0.3) is 5.91 Å². The normalized spacial score (nSPS) is 13.6. The maximum atomic E-state index is 13.0. The predicted octanol–water partition coefficient (Wildman–Crippen LogP) is 5.44. The van der Waals surface area contributed by atoms with Crippen LogP contribution in [-0.2, 0) is 20.9 Å². The Labute approximate surface area is 214 Å². The van der Waals surface area contributed by atoms with E-state index in [9.17, 15) is 9.59 Å².